The molecule has 1 aliphatic rings. The molecule has 0 saturated heterocycles. The predicted molar refractivity (Wildman–Crippen MR) is 149 cm³/mol. The molecule has 0 N–H and O–H groups in total. The van der Waals surface area contributed by atoms with Crippen LogP contribution in [0.15, 0.2) is 37.0 Å². The number of hydrogen-bond donors (Lipinski definition) is 0. The van der Waals surface area contributed by atoms with Gasteiger partial charge in [0.15, 0.2) is 0 Å². The molecule has 2 atom stereocenters. The van der Waals surface area contributed by atoms with Crippen LogP contribution in [0, 0.1) is 22.7 Å². The molecule has 0 amide bonds. The minimum atomic E-state index is 0.264. The Morgan fingerprint density at radius 2 is 1.52 bits per heavy atom. The molecule has 0 heteroatoms. The van der Waals surface area contributed by atoms with Crippen LogP contribution in [0.3, 0.4) is 0 Å². The van der Waals surface area contributed by atoms with E-state index in [2.05, 4.69) is 74.3 Å². The molecule has 0 saturated carbocycles. The largest absolute Gasteiger partial charge is 0.106 e. The van der Waals surface area contributed by atoms with Crippen molar-refractivity contribution in [3.05, 3.63) is 37.0 Å². The summed E-state index contributed by atoms with van der Waals surface area (Å²) in [5.74, 6) is 1.69. The lowest BCUT2D eigenvalue weighted by molar-refractivity contribution is 0.0821. The second-order valence-electron chi connectivity index (χ2n) is 9.51. The third kappa shape index (κ3) is 12.1. The molecule has 0 aromatic rings. The summed E-state index contributed by atoms with van der Waals surface area (Å²) in [5.41, 5.74) is 4.31. The fourth-order valence-electron chi connectivity index (χ4n) is 5.13. The molecule has 0 heterocycles. The molecule has 1 aliphatic carbocycles. The van der Waals surface area contributed by atoms with Gasteiger partial charge in [-0.3, -0.25) is 0 Å². The van der Waals surface area contributed by atoms with Crippen LogP contribution < -0.4 is 0 Å². The zero-order valence-corrected chi connectivity index (χ0v) is 23.9. The van der Waals surface area contributed by atoms with Crippen LogP contribution in [0.2, 0.25) is 0 Å². The molecule has 1 rings (SSSR count). The molecule has 0 aromatic carbocycles. The first-order chi connectivity index (χ1) is 14.7. The lowest BCUT2D eigenvalue weighted by Gasteiger charge is -2.43. The molecule has 0 aromatic heterocycles. The normalized spacial score (nSPS) is 23.6. The van der Waals surface area contributed by atoms with Crippen LogP contribution >= 0.6 is 0 Å². The minimum absolute atomic E-state index is 0.264. The van der Waals surface area contributed by atoms with E-state index < -0.39 is 0 Å². The summed E-state index contributed by atoms with van der Waals surface area (Å²) in [6, 6.07) is 0. The fourth-order valence-corrected chi connectivity index (χ4v) is 5.13. The summed E-state index contributed by atoms with van der Waals surface area (Å²) in [5, 5.41) is 0. The Balaban J connectivity index is -0.00000120. The Hall–Kier alpha value is -0.780. The van der Waals surface area contributed by atoms with E-state index in [1.54, 1.807) is 11.1 Å². The lowest BCUT2D eigenvalue weighted by Crippen LogP contribution is -2.33. The Morgan fingerprint density at radius 1 is 1.00 bits per heavy atom. The van der Waals surface area contributed by atoms with Gasteiger partial charge in [0.1, 0.15) is 0 Å². The summed E-state index contributed by atoms with van der Waals surface area (Å²) in [6.45, 7) is 35.0. The van der Waals surface area contributed by atoms with Crippen LogP contribution in [-0.2, 0) is 0 Å². The van der Waals surface area contributed by atoms with Gasteiger partial charge in [-0.05, 0) is 68.1 Å². The average Bonchev–Trinajstić information content (AvgIpc) is 2.82. The van der Waals surface area contributed by atoms with Crippen molar-refractivity contribution >= 4 is 0 Å². The highest BCUT2D eigenvalue weighted by molar-refractivity contribution is 5.15. The SMILES string of the molecule is C=C.C=CC(C)(C)CC/C1=C(\C)CC(CC)C(C)C(CC)(CC)CCCC1.CC.CC. The van der Waals surface area contributed by atoms with Crippen molar-refractivity contribution in [3.8, 4) is 0 Å². The highest BCUT2D eigenvalue weighted by Crippen LogP contribution is 2.47. The van der Waals surface area contributed by atoms with Gasteiger partial charge in [0.2, 0.25) is 0 Å². The van der Waals surface area contributed by atoms with E-state index >= 15 is 0 Å². The van der Waals surface area contributed by atoms with Crippen molar-refractivity contribution in [2.24, 2.45) is 22.7 Å². The maximum Gasteiger partial charge on any atom is -0.0174 e. The summed E-state index contributed by atoms with van der Waals surface area (Å²) >= 11 is 0. The van der Waals surface area contributed by atoms with Crippen molar-refractivity contribution in [1.82, 2.24) is 0 Å². The van der Waals surface area contributed by atoms with Gasteiger partial charge < -0.3 is 0 Å². The van der Waals surface area contributed by atoms with Gasteiger partial charge in [-0.15, -0.1) is 19.7 Å². The second kappa shape index (κ2) is 19.9. The maximum atomic E-state index is 4.03. The summed E-state index contributed by atoms with van der Waals surface area (Å²) in [6.07, 6.45) is 15.5. The van der Waals surface area contributed by atoms with Crippen LogP contribution in [-0.4, -0.2) is 0 Å². The second-order valence-corrected chi connectivity index (χ2v) is 9.51. The van der Waals surface area contributed by atoms with Crippen molar-refractivity contribution in [2.45, 2.75) is 140 Å². The first kappa shape index (κ1) is 34.8. The number of allylic oxidation sites excluding steroid dienone is 3. The number of hydrogen-bond acceptors (Lipinski definition) is 0. The van der Waals surface area contributed by atoms with Crippen molar-refractivity contribution in [1.29, 1.82) is 0 Å². The van der Waals surface area contributed by atoms with E-state index in [0.717, 1.165) is 11.8 Å². The zero-order valence-electron chi connectivity index (χ0n) is 23.9. The molecular formula is C31H62. The van der Waals surface area contributed by atoms with E-state index in [9.17, 15) is 0 Å². The van der Waals surface area contributed by atoms with Crippen LogP contribution in [0.25, 0.3) is 0 Å². The highest BCUT2D eigenvalue weighted by Gasteiger charge is 2.36. The Kier molecular flexibility index (Phi) is 22.3. The predicted octanol–water partition coefficient (Wildman–Crippen LogP) is 11.6. The van der Waals surface area contributed by atoms with Gasteiger partial charge in [0.25, 0.3) is 0 Å². The maximum absolute atomic E-state index is 4.03. The molecule has 31 heavy (non-hydrogen) atoms. The highest BCUT2D eigenvalue weighted by atomic mass is 14.4. The lowest BCUT2D eigenvalue weighted by atomic mass is 9.62. The Morgan fingerprint density at radius 3 is 1.94 bits per heavy atom. The van der Waals surface area contributed by atoms with Crippen molar-refractivity contribution in [3.63, 3.8) is 0 Å². The van der Waals surface area contributed by atoms with Gasteiger partial charge in [-0.1, -0.05) is 112 Å². The van der Waals surface area contributed by atoms with E-state index in [1.807, 2.05) is 27.7 Å². The Labute approximate surface area is 200 Å². The van der Waals surface area contributed by atoms with Crippen molar-refractivity contribution in [2.75, 3.05) is 0 Å². The summed E-state index contributed by atoms with van der Waals surface area (Å²) in [4.78, 5) is 0. The molecule has 0 aliphatic heterocycles. The van der Waals surface area contributed by atoms with Gasteiger partial charge >= 0.3 is 0 Å². The van der Waals surface area contributed by atoms with E-state index in [4.69, 9.17) is 0 Å². The van der Waals surface area contributed by atoms with Crippen LogP contribution in [0.5, 0.6) is 0 Å². The van der Waals surface area contributed by atoms with Crippen molar-refractivity contribution < 1.29 is 0 Å². The first-order valence-electron chi connectivity index (χ1n) is 13.6. The fraction of sp³-hybridized carbons (Fsp3) is 0.806. The molecule has 0 spiro atoms. The first-order valence-corrected chi connectivity index (χ1v) is 13.6. The van der Waals surface area contributed by atoms with Gasteiger partial charge in [0.05, 0.1) is 0 Å². The third-order valence-corrected chi connectivity index (χ3v) is 7.80. The average molecular weight is 435 g/mol. The molecule has 0 bridgehead atoms. The molecule has 0 fully saturated rings. The quantitative estimate of drug-likeness (QED) is 0.349. The van der Waals surface area contributed by atoms with E-state index in [-0.39, 0.29) is 5.41 Å². The van der Waals surface area contributed by atoms with Gasteiger partial charge in [0, 0.05) is 0 Å². The topological polar surface area (TPSA) is 0 Å². The minimum Gasteiger partial charge on any atom is -0.106 e. The summed E-state index contributed by atoms with van der Waals surface area (Å²) < 4.78 is 0. The van der Waals surface area contributed by atoms with Gasteiger partial charge in [-0.25, -0.2) is 0 Å². The molecule has 186 valence electrons. The molecule has 2 unspecified atom stereocenters. The van der Waals surface area contributed by atoms with E-state index in [0.29, 0.717) is 5.41 Å². The third-order valence-electron chi connectivity index (χ3n) is 7.80. The molecule has 0 radical (unpaired) electrons. The smallest absolute Gasteiger partial charge is 0.0174 e. The van der Waals surface area contributed by atoms with Gasteiger partial charge in [-0.2, -0.15) is 0 Å². The monoisotopic (exact) mass is 434 g/mol. The number of rotatable bonds is 7. The van der Waals surface area contributed by atoms with Crippen LogP contribution in [0.4, 0.5) is 0 Å². The zero-order chi connectivity index (χ0) is 25.1. The Bertz CT molecular complexity index is 447. The van der Waals surface area contributed by atoms with E-state index in [1.165, 1.54) is 64.2 Å². The standard InChI is InChI=1S/C25H46.2C2H6.C2H4/c1-9-22-19-20(5)23(16-18-24(7,8)10-2)15-13-14-17-25(11-3,12-4)21(22)6;3*1-2/h10,21-22H,2,9,11-19H2,1,3-8H3;2*1-2H3;1-2H2/b23-20+;;;. The van der Waals surface area contributed by atoms with Crippen LogP contribution in [0.1, 0.15) is 140 Å². The summed E-state index contributed by atoms with van der Waals surface area (Å²) in [7, 11) is 0. The molecular weight excluding hydrogens is 372 g/mol. The molecule has 0 nitrogen and oxygen atoms in total.